The summed E-state index contributed by atoms with van der Waals surface area (Å²) in [4.78, 5) is 12.6. The van der Waals surface area contributed by atoms with Crippen molar-refractivity contribution in [3.05, 3.63) is 59.7 Å². The van der Waals surface area contributed by atoms with Crippen molar-refractivity contribution in [2.75, 3.05) is 4.90 Å². The van der Waals surface area contributed by atoms with Crippen molar-refractivity contribution >= 4 is 17.3 Å². The van der Waals surface area contributed by atoms with Crippen LogP contribution in [-0.4, -0.2) is 5.91 Å². The van der Waals surface area contributed by atoms with Crippen LogP contribution < -0.4 is 4.90 Å². The van der Waals surface area contributed by atoms with Crippen LogP contribution in [0.4, 0.5) is 37.7 Å². The Labute approximate surface area is 133 Å². The summed E-state index contributed by atoms with van der Waals surface area (Å²) in [7, 11) is 0. The highest BCUT2D eigenvalue weighted by molar-refractivity contribution is 5.99. The van der Waals surface area contributed by atoms with Crippen molar-refractivity contribution < 1.29 is 31.1 Å². The van der Waals surface area contributed by atoms with E-state index >= 15 is 0 Å². The summed E-state index contributed by atoms with van der Waals surface area (Å²) in [6.45, 7) is 1.06. The molecule has 0 heterocycles. The van der Waals surface area contributed by atoms with E-state index in [2.05, 4.69) is 0 Å². The van der Waals surface area contributed by atoms with E-state index in [1.165, 1.54) is 12.1 Å². The normalized spacial score (nSPS) is 12.1. The zero-order chi connectivity index (χ0) is 18.1. The number of halogens is 6. The van der Waals surface area contributed by atoms with E-state index in [1.54, 1.807) is 0 Å². The fourth-order valence-corrected chi connectivity index (χ4v) is 2.16. The fourth-order valence-electron chi connectivity index (χ4n) is 2.16. The Hall–Kier alpha value is -2.51. The minimum atomic E-state index is -4.63. The van der Waals surface area contributed by atoms with Crippen LogP contribution in [0.3, 0.4) is 0 Å². The van der Waals surface area contributed by atoms with E-state index < -0.39 is 29.4 Å². The van der Waals surface area contributed by atoms with Gasteiger partial charge in [0.25, 0.3) is 0 Å². The molecule has 2 nitrogen and oxygen atoms in total. The lowest BCUT2D eigenvalue weighted by Crippen LogP contribution is -2.23. The average Bonchev–Trinajstić information content (AvgIpc) is 2.46. The molecule has 0 spiro atoms. The zero-order valence-corrected chi connectivity index (χ0v) is 12.2. The van der Waals surface area contributed by atoms with Gasteiger partial charge in [0.05, 0.1) is 11.1 Å². The maximum absolute atomic E-state index is 12.8. The first-order valence-electron chi connectivity index (χ1n) is 6.65. The number of hydrogen-bond acceptors (Lipinski definition) is 1. The lowest BCUT2D eigenvalue weighted by atomic mass is 10.1. The molecule has 0 aromatic heterocycles. The maximum Gasteiger partial charge on any atom is 0.416 e. The maximum atomic E-state index is 12.8. The Morgan fingerprint density at radius 2 is 1.17 bits per heavy atom. The van der Waals surface area contributed by atoms with Crippen LogP contribution in [0.1, 0.15) is 18.1 Å². The molecular weight excluding hydrogens is 336 g/mol. The topological polar surface area (TPSA) is 20.3 Å². The van der Waals surface area contributed by atoms with Crippen LogP contribution in [-0.2, 0) is 17.1 Å². The van der Waals surface area contributed by atoms with E-state index in [9.17, 15) is 31.1 Å². The molecule has 24 heavy (non-hydrogen) atoms. The molecule has 0 aliphatic carbocycles. The number of nitrogens with zero attached hydrogens (tertiary/aromatic N) is 1. The van der Waals surface area contributed by atoms with Crippen molar-refractivity contribution in [2.24, 2.45) is 0 Å². The number of carbonyl (C=O) groups is 1. The van der Waals surface area contributed by atoms with Gasteiger partial charge in [0, 0.05) is 18.3 Å². The monoisotopic (exact) mass is 347 g/mol. The summed E-state index contributed by atoms with van der Waals surface area (Å²) in [5.41, 5.74) is -2.34. The number of alkyl halides is 6. The van der Waals surface area contributed by atoms with Gasteiger partial charge in [-0.15, -0.1) is 0 Å². The van der Waals surface area contributed by atoms with E-state index in [4.69, 9.17) is 0 Å². The van der Waals surface area contributed by atoms with Crippen molar-refractivity contribution in [2.45, 2.75) is 19.3 Å². The summed E-state index contributed by atoms with van der Waals surface area (Å²) in [6, 6.07) is 7.66. The molecule has 0 aliphatic heterocycles. The molecule has 0 saturated carbocycles. The highest BCUT2D eigenvalue weighted by Crippen LogP contribution is 2.36. The van der Waals surface area contributed by atoms with Gasteiger partial charge in [0.15, 0.2) is 0 Å². The number of anilines is 2. The SMILES string of the molecule is CC(=O)N(c1cccc(C(F)(F)F)c1)c1cccc(C(F)(F)F)c1. The van der Waals surface area contributed by atoms with Crippen LogP contribution in [0.5, 0.6) is 0 Å². The second kappa shape index (κ2) is 6.18. The van der Waals surface area contributed by atoms with E-state index in [0.29, 0.717) is 12.1 Å². The minimum Gasteiger partial charge on any atom is -0.281 e. The van der Waals surface area contributed by atoms with Gasteiger partial charge in [-0.2, -0.15) is 26.3 Å². The third-order valence-corrected chi connectivity index (χ3v) is 3.18. The van der Waals surface area contributed by atoms with Gasteiger partial charge < -0.3 is 0 Å². The quantitative estimate of drug-likeness (QED) is 0.665. The molecule has 0 bridgehead atoms. The Kier molecular flexibility index (Phi) is 4.59. The van der Waals surface area contributed by atoms with E-state index in [-0.39, 0.29) is 11.4 Å². The van der Waals surface area contributed by atoms with Crippen molar-refractivity contribution in [3.63, 3.8) is 0 Å². The van der Waals surface area contributed by atoms with E-state index in [1.807, 2.05) is 0 Å². The van der Waals surface area contributed by atoms with Crippen LogP contribution in [0.15, 0.2) is 48.5 Å². The Bertz CT molecular complexity index is 693. The van der Waals surface area contributed by atoms with Crippen molar-refractivity contribution in [3.8, 4) is 0 Å². The van der Waals surface area contributed by atoms with Gasteiger partial charge in [-0.25, -0.2) is 0 Å². The molecule has 1 amide bonds. The summed E-state index contributed by atoms with van der Waals surface area (Å²) in [5.74, 6) is -0.714. The van der Waals surface area contributed by atoms with Gasteiger partial charge in [-0.3, -0.25) is 9.69 Å². The van der Waals surface area contributed by atoms with Crippen LogP contribution in [0, 0.1) is 0 Å². The molecule has 0 atom stereocenters. The standard InChI is InChI=1S/C16H11F6NO/c1-10(24)23(13-6-2-4-11(8-13)15(17,18)19)14-7-3-5-12(9-14)16(20,21)22/h2-9H,1H3. The largest absolute Gasteiger partial charge is 0.416 e. The average molecular weight is 347 g/mol. The van der Waals surface area contributed by atoms with Gasteiger partial charge in [-0.1, -0.05) is 12.1 Å². The Balaban J connectivity index is 2.54. The number of rotatable bonds is 2. The molecule has 0 radical (unpaired) electrons. The summed E-state index contributed by atoms with van der Waals surface area (Å²) >= 11 is 0. The second-order valence-electron chi connectivity index (χ2n) is 4.95. The fraction of sp³-hybridized carbons (Fsp3) is 0.188. The number of amides is 1. The molecule has 2 aromatic rings. The highest BCUT2D eigenvalue weighted by atomic mass is 19.4. The van der Waals surface area contributed by atoms with Crippen LogP contribution in [0.2, 0.25) is 0 Å². The lowest BCUT2D eigenvalue weighted by molar-refractivity contribution is -0.138. The predicted molar refractivity (Wildman–Crippen MR) is 75.7 cm³/mol. The molecule has 2 aromatic carbocycles. The van der Waals surface area contributed by atoms with Crippen LogP contribution >= 0.6 is 0 Å². The molecule has 8 heteroatoms. The highest BCUT2D eigenvalue weighted by Gasteiger charge is 2.33. The Morgan fingerprint density at radius 3 is 1.46 bits per heavy atom. The first-order valence-corrected chi connectivity index (χ1v) is 6.65. The summed E-state index contributed by atoms with van der Waals surface area (Å²) in [6.07, 6.45) is -9.27. The Morgan fingerprint density at radius 1 is 0.792 bits per heavy atom. The number of benzene rings is 2. The van der Waals surface area contributed by atoms with Gasteiger partial charge in [0.1, 0.15) is 0 Å². The molecular formula is C16H11F6NO. The molecule has 128 valence electrons. The molecule has 0 N–H and O–H groups in total. The van der Waals surface area contributed by atoms with E-state index in [0.717, 1.165) is 36.1 Å². The minimum absolute atomic E-state index is 0.170. The second-order valence-corrected chi connectivity index (χ2v) is 4.95. The van der Waals surface area contributed by atoms with Crippen LogP contribution in [0.25, 0.3) is 0 Å². The summed E-state index contributed by atoms with van der Waals surface area (Å²) in [5, 5.41) is 0. The first-order chi connectivity index (χ1) is 11.0. The van der Waals surface area contributed by atoms with Crippen molar-refractivity contribution in [1.29, 1.82) is 0 Å². The number of hydrogen-bond donors (Lipinski definition) is 0. The summed E-state index contributed by atoms with van der Waals surface area (Å²) < 4.78 is 76.8. The molecule has 2 rings (SSSR count). The van der Waals surface area contributed by atoms with Gasteiger partial charge in [-0.05, 0) is 36.4 Å². The first kappa shape index (κ1) is 17.8. The van der Waals surface area contributed by atoms with Gasteiger partial charge >= 0.3 is 12.4 Å². The molecule has 0 aliphatic rings. The van der Waals surface area contributed by atoms with Crippen molar-refractivity contribution in [1.82, 2.24) is 0 Å². The lowest BCUT2D eigenvalue weighted by Gasteiger charge is -2.23. The smallest absolute Gasteiger partial charge is 0.281 e. The van der Waals surface area contributed by atoms with Gasteiger partial charge in [0.2, 0.25) is 5.91 Å². The zero-order valence-electron chi connectivity index (χ0n) is 12.2. The third kappa shape index (κ3) is 3.87. The third-order valence-electron chi connectivity index (χ3n) is 3.18. The predicted octanol–water partition coefficient (Wildman–Crippen LogP) is 5.41. The number of carbonyl (C=O) groups excluding carboxylic acids is 1. The molecule has 0 saturated heterocycles. The molecule has 0 fully saturated rings. The molecule has 0 unspecified atom stereocenters.